The van der Waals surface area contributed by atoms with Crippen LogP contribution in [0.25, 0.3) is 0 Å². The average Bonchev–Trinajstić information content (AvgIpc) is 3.66. The highest BCUT2D eigenvalue weighted by molar-refractivity contribution is 9.10. The highest BCUT2D eigenvalue weighted by Crippen LogP contribution is 2.35. The van der Waals surface area contributed by atoms with E-state index < -0.39 is 16.9 Å². The number of halogens is 3. The van der Waals surface area contributed by atoms with Crippen molar-refractivity contribution in [3.8, 4) is 0 Å². The second-order valence-electron chi connectivity index (χ2n) is 9.27. The number of nitrogens with zero attached hydrogens (tertiary/aromatic N) is 4. The lowest BCUT2D eigenvalue weighted by molar-refractivity contribution is -0.113. The Morgan fingerprint density at radius 1 is 1.27 bits per heavy atom. The van der Waals surface area contributed by atoms with E-state index in [4.69, 9.17) is 27.4 Å². The molecule has 210 valence electrons. The van der Waals surface area contributed by atoms with Crippen molar-refractivity contribution in [3.05, 3.63) is 79.8 Å². The molecule has 1 unspecified atom stereocenters. The molecule has 2 aliphatic heterocycles. The number of thiol groups is 1. The van der Waals surface area contributed by atoms with Crippen LogP contribution >= 0.6 is 39.1 Å². The zero-order valence-electron chi connectivity index (χ0n) is 20.9. The first-order valence-corrected chi connectivity index (χ1v) is 14.8. The van der Waals surface area contributed by atoms with Gasteiger partial charge in [-0.25, -0.2) is 0 Å². The first-order valence-electron chi connectivity index (χ1n) is 12.1. The van der Waals surface area contributed by atoms with Gasteiger partial charge in [0, 0.05) is 41.5 Å². The quantitative estimate of drug-likeness (QED) is 0.381. The third kappa shape index (κ3) is 5.97. The Balaban J connectivity index is 1.45. The van der Waals surface area contributed by atoms with Gasteiger partial charge in [0.05, 0.1) is 40.0 Å². The van der Waals surface area contributed by atoms with Crippen molar-refractivity contribution in [2.75, 3.05) is 25.5 Å². The third-order valence-electron chi connectivity index (χ3n) is 6.63. The van der Waals surface area contributed by atoms with Gasteiger partial charge < -0.3 is 24.7 Å². The van der Waals surface area contributed by atoms with Crippen LogP contribution in [0.4, 0.5) is 5.69 Å². The SMILES string of the molecule is CN(C(=O)c1cc(Cl)cc(Br)c1NC(=O)C1=C(O[SH](=O)=O)C=CN(C2=NNCC2c2ncccc2Cl)C1)C1CC1. The number of rotatable bonds is 7. The number of allylic oxidation sites excluding steroid dienone is 1. The van der Waals surface area contributed by atoms with Crippen LogP contribution in [-0.2, 0) is 20.0 Å². The maximum atomic E-state index is 13.7. The summed E-state index contributed by atoms with van der Waals surface area (Å²) in [5, 5.41) is 7.91. The Labute approximate surface area is 250 Å². The molecule has 0 radical (unpaired) electrons. The lowest BCUT2D eigenvalue weighted by atomic mass is 10.0. The van der Waals surface area contributed by atoms with Crippen LogP contribution in [0.3, 0.4) is 0 Å². The Hall–Kier alpha value is -3.13. The Bertz CT molecular complexity index is 1550. The van der Waals surface area contributed by atoms with E-state index in [1.807, 2.05) is 0 Å². The van der Waals surface area contributed by atoms with Crippen molar-refractivity contribution in [1.29, 1.82) is 0 Å². The molecule has 0 saturated heterocycles. The van der Waals surface area contributed by atoms with Gasteiger partial charge in [0.2, 0.25) is 0 Å². The van der Waals surface area contributed by atoms with E-state index in [0.717, 1.165) is 12.8 Å². The number of anilines is 1. The number of hydrogen-bond donors (Lipinski definition) is 3. The number of nitrogens with one attached hydrogen (secondary N) is 2. The molecule has 1 aromatic carbocycles. The van der Waals surface area contributed by atoms with Crippen LogP contribution in [0.2, 0.25) is 10.0 Å². The molecule has 1 fully saturated rings. The number of hydrogen-bond acceptors (Lipinski definition) is 9. The van der Waals surface area contributed by atoms with E-state index in [2.05, 4.69) is 36.8 Å². The molecule has 1 aliphatic carbocycles. The zero-order valence-corrected chi connectivity index (χ0v) is 24.9. The topological polar surface area (TPSA) is 133 Å². The first-order chi connectivity index (χ1) is 19.1. The lowest BCUT2D eigenvalue weighted by Gasteiger charge is -2.28. The smallest absolute Gasteiger partial charge is 0.299 e. The zero-order chi connectivity index (χ0) is 28.6. The van der Waals surface area contributed by atoms with Gasteiger partial charge >= 0.3 is 0 Å². The predicted octanol–water partition coefficient (Wildman–Crippen LogP) is 3.65. The van der Waals surface area contributed by atoms with Gasteiger partial charge in [0.15, 0.2) is 5.76 Å². The highest BCUT2D eigenvalue weighted by atomic mass is 79.9. The van der Waals surface area contributed by atoms with E-state index in [9.17, 15) is 18.0 Å². The summed E-state index contributed by atoms with van der Waals surface area (Å²) in [7, 11) is -1.61. The Kier molecular flexibility index (Phi) is 8.36. The van der Waals surface area contributed by atoms with Crippen LogP contribution in [0.5, 0.6) is 0 Å². The van der Waals surface area contributed by atoms with E-state index in [-0.39, 0.29) is 47.0 Å². The average molecular weight is 670 g/mol. The number of hydrazone groups is 1. The van der Waals surface area contributed by atoms with Gasteiger partial charge in [0.25, 0.3) is 22.8 Å². The van der Waals surface area contributed by atoms with Crippen molar-refractivity contribution in [2.24, 2.45) is 5.10 Å². The highest BCUT2D eigenvalue weighted by Gasteiger charge is 2.35. The summed E-state index contributed by atoms with van der Waals surface area (Å²) in [6, 6.07) is 6.62. The third-order valence-corrected chi connectivity index (χ3v) is 8.14. The van der Waals surface area contributed by atoms with Gasteiger partial charge in [-0.05, 0) is 59.1 Å². The number of amides is 2. The van der Waals surface area contributed by atoms with E-state index in [0.29, 0.717) is 32.6 Å². The Morgan fingerprint density at radius 2 is 2.05 bits per heavy atom. The van der Waals surface area contributed by atoms with Crippen LogP contribution in [0, 0.1) is 0 Å². The standard InChI is InChI=1S/C25H23BrCl2N6O5S/c1-33(14-4-5-14)25(36)15-9-13(27)10-18(26)21(15)31-24(35)17-12-34(8-6-20(17)39-40(37)38)23-16(11-30-32-23)22-19(28)3-2-7-29-22/h2-3,6-10,14,16,30,40H,4-5,11-12H2,1H3,(H,31,35). The molecule has 11 nitrogen and oxygen atoms in total. The monoisotopic (exact) mass is 668 g/mol. The number of benzene rings is 1. The summed E-state index contributed by atoms with van der Waals surface area (Å²) in [5.74, 6) is -0.930. The molecule has 0 bridgehead atoms. The van der Waals surface area contributed by atoms with E-state index >= 15 is 0 Å². The molecular formula is C25H23BrCl2N6O5S. The fourth-order valence-electron chi connectivity index (χ4n) is 4.47. The molecule has 15 heteroatoms. The maximum Gasteiger partial charge on any atom is 0.299 e. The largest absolute Gasteiger partial charge is 0.384 e. The summed E-state index contributed by atoms with van der Waals surface area (Å²) in [6.07, 6.45) is 6.36. The summed E-state index contributed by atoms with van der Waals surface area (Å²) >= 11 is 16.0. The fraction of sp³-hybridized carbons (Fsp3) is 0.280. The summed E-state index contributed by atoms with van der Waals surface area (Å²) in [4.78, 5) is 34.6. The molecule has 2 amide bonds. The summed E-state index contributed by atoms with van der Waals surface area (Å²) in [5.41, 5.74) is 3.93. The predicted molar refractivity (Wildman–Crippen MR) is 155 cm³/mol. The molecular weight excluding hydrogens is 647 g/mol. The molecule has 5 rings (SSSR count). The molecule has 0 spiro atoms. The number of carbonyl (C=O) groups excluding carboxylic acids is 2. The minimum Gasteiger partial charge on any atom is -0.384 e. The molecule has 1 atom stereocenters. The molecule has 1 aromatic heterocycles. The van der Waals surface area contributed by atoms with Gasteiger partial charge in [-0.3, -0.25) is 14.6 Å². The molecule has 2 N–H and O–H groups in total. The van der Waals surface area contributed by atoms with E-state index in [1.165, 1.54) is 12.1 Å². The Morgan fingerprint density at radius 3 is 2.75 bits per heavy atom. The van der Waals surface area contributed by atoms with Crippen molar-refractivity contribution in [2.45, 2.75) is 24.8 Å². The summed E-state index contributed by atoms with van der Waals surface area (Å²) < 4.78 is 28.3. The second kappa shape index (κ2) is 11.8. The summed E-state index contributed by atoms with van der Waals surface area (Å²) in [6.45, 7) is 0.341. The van der Waals surface area contributed by atoms with Gasteiger partial charge in [-0.15, -0.1) is 0 Å². The van der Waals surface area contributed by atoms with Crippen molar-refractivity contribution in [3.63, 3.8) is 0 Å². The minimum atomic E-state index is -3.31. The van der Waals surface area contributed by atoms with Crippen molar-refractivity contribution >= 4 is 73.5 Å². The van der Waals surface area contributed by atoms with Crippen LogP contribution in [0.15, 0.2) is 63.6 Å². The van der Waals surface area contributed by atoms with Crippen molar-refractivity contribution in [1.82, 2.24) is 20.2 Å². The van der Waals surface area contributed by atoms with Crippen molar-refractivity contribution < 1.29 is 22.2 Å². The van der Waals surface area contributed by atoms with Crippen LogP contribution in [-0.4, -0.2) is 67.0 Å². The molecule has 3 heterocycles. The van der Waals surface area contributed by atoms with Crippen LogP contribution < -0.4 is 10.7 Å². The lowest BCUT2D eigenvalue weighted by Crippen LogP contribution is -2.37. The number of amidine groups is 1. The van der Waals surface area contributed by atoms with Crippen LogP contribution in [0.1, 0.15) is 34.8 Å². The minimum absolute atomic E-state index is 0.00188. The molecule has 1 saturated carbocycles. The van der Waals surface area contributed by atoms with E-state index in [1.54, 1.807) is 47.4 Å². The first kappa shape index (κ1) is 28.4. The number of pyridine rings is 1. The number of carbonyl (C=O) groups is 2. The van der Waals surface area contributed by atoms with Gasteiger partial charge in [0.1, 0.15) is 5.84 Å². The van der Waals surface area contributed by atoms with Gasteiger partial charge in [-0.1, -0.05) is 23.2 Å². The molecule has 40 heavy (non-hydrogen) atoms. The number of aromatic nitrogens is 1. The second-order valence-corrected chi connectivity index (χ2v) is 11.6. The maximum absolute atomic E-state index is 13.7. The molecule has 2 aromatic rings. The normalized spacial score (nSPS) is 18.5. The molecule has 3 aliphatic rings. The fourth-order valence-corrected chi connectivity index (χ4v) is 5.96. The van der Waals surface area contributed by atoms with Gasteiger partial charge in [-0.2, -0.15) is 13.5 Å².